The highest BCUT2D eigenvalue weighted by atomic mass is 35.5. The molecule has 6 nitrogen and oxygen atoms in total. The van der Waals surface area contributed by atoms with Crippen LogP contribution in [0.25, 0.3) is 10.9 Å². The first-order valence-electron chi connectivity index (χ1n) is 5.73. The maximum Gasteiger partial charge on any atom is 0.471 e. The van der Waals surface area contributed by atoms with Crippen LogP contribution < -0.4 is 14.8 Å². The van der Waals surface area contributed by atoms with Gasteiger partial charge in [-0.3, -0.25) is 4.79 Å². The number of rotatable bonds is 3. The van der Waals surface area contributed by atoms with Crippen molar-refractivity contribution in [3.05, 3.63) is 17.4 Å². The van der Waals surface area contributed by atoms with Crippen LogP contribution in [-0.2, 0) is 4.79 Å². The second kappa shape index (κ2) is 5.84. The molecule has 1 aromatic heterocycles. The molecule has 22 heavy (non-hydrogen) atoms. The Labute approximate surface area is 127 Å². The van der Waals surface area contributed by atoms with E-state index in [0.29, 0.717) is 5.75 Å². The SMILES string of the molecule is COc1cc2nc(Cl)nc(NC(=O)C(F)(F)F)c2cc1OC. The molecule has 1 heterocycles. The summed E-state index contributed by atoms with van der Waals surface area (Å²) in [6.07, 6.45) is -5.06. The van der Waals surface area contributed by atoms with Gasteiger partial charge in [-0.05, 0) is 17.7 Å². The summed E-state index contributed by atoms with van der Waals surface area (Å²) in [6, 6.07) is 2.75. The minimum absolute atomic E-state index is 0.125. The molecule has 1 amide bonds. The fraction of sp³-hybridized carbons (Fsp3) is 0.250. The van der Waals surface area contributed by atoms with Crippen molar-refractivity contribution in [2.75, 3.05) is 19.5 Å². The van der Waals surface area contributed by atoms with Crippen molar-refractivity contribution in [2.24, 2.45) is 0 Å². The molecule has 0 radical (unpaired) electrons. The Hall–Kier alpha value is -2.29. The van der Waals surface area contributed by atoms with Gasteiger partial charge in [0.2, 0.25) is 5.28 Å². The summed E-state index contributed by atoms with van der Waals surface area (Å²) in [6.45, 7) is 0. The molecular weight excluding hydrogens is 327 g/mol. The Morgan fingerprint density at radius 2 is 1.77 bits per heavy atom. The van der Waals surface area contributed by atoms with Crippen LogP contribution in [0.4, 0.5) is 19.0 Å². The van der Waals surface area contributed by atoms with E-state index in [1.165, 1.54) is 26.4 Å². The van der Waals surface area contributed by atoms with Gasteiger partial charge < -0.3 is 14.8 Å². The molecule has 0 aliphatic carbocycles. The molecule has 2 rings (SSSR count). The van der Waals surface area contributed by atoms with E-state index in [4.69, 9.17) is 21.1 Å². The smallest absolute Gasteiger partial charge is 0.471 e. The number of hydrogen-bond donors (Lipinski definition) is 1. The van der Waals surface area contributed by atoms with Gasteiger partial charge in [-0.1, -0.05) is 0 Å². The van der Waals surface area contributed by atoms with Crippen LogP contribution in [0.1, 0.15) is 0 Å². The number of halogens is 4. The van der Waals surface area contributed by atoms with E-state index in [9.17, 15) is 18.0 Å². The van der Waals surface area contributed by atoms with Crippen molar-refractivity contribution in [1.29, 1.82) is 0 Å². The number of carbonyl (C=O) groups excluding carboxylic acids is 1. The van der Waals surface area contributed by atoms with Gasteiger partial charge in [-0.25, -0.2) is 4.98 Å². The maximum atomic E-state index is 12.4. The van der Waals surface area contributed by atoms with Gasteiger partial charge in [-0.2, -0.15) is 18.2 Å². The molecule has 0 aliphatic heterocycles. The zero-order valence-electron chi connectivity index (χ0n) is 11.3. The lowest BCUT2D eigenvalue weighted by molar-refractivity contribution is -0.167. The number of carbonyl (C=O) groups is 1. The number of nitrogens with one attached hydrogen (secondary N) is 1. The highest BCUT2D eigenvalue weighted by molar-refractivity contribution is 6.29. The maximum absolute atomic E-state index is 12.4. The topological polar surface area (TPSA) is 73.3 Å². The third-order valence-electron chi connectivity index (χ3n) is 2.66. The zero-order valence-corrected chi connectivity index (χ0v) is 12.0. The van der Waals surface area contributed by atoms with Gasteiger partial charge in [-0.15, -0.1) is 0 Å². The normalized spacial score (nSPS) is 11.4. The van der Waals surface area contributed by atoms with Crippen LogP contribution in [0, 0.1) is 0 Å². The lowest BCUT2D eigenvalue weighted by Gasteiger charge is -2.12. The predicted molar refractivity (Wildman–Crippen MR) is 72.3 cm³/mol. The fourth-order valence-electron chi connectivity index (χ4n) is 1.70. The number of hydrogen-bond acceptors (Lipinski definition) is 5. The van der Waals surface area contributed by atoms with Gasteiger partial charge >= 0.3 is 12.1 Å². The Morgan fingerprint density at radius 3 is 2.32 bits per heavy atom. The fourth-order valence-corrected chi connectivity index (χ4v) is 1.88. The summed E-state index contributed by atoms with van der Waals surface area (Å²) in [5.41, 5.74) is 0.190. The molecule has 0 saturated heterocycles. The van der Waals surface area contributed by atoms with Crippen molar-refractivity contribution in [1.82, 2.24) is 9.97 Å². The van der Waals surface area contributed by atoms with E-state index >= 15 is 0 Å². The third kappa shape index (κ3) is 3.14. The van der Waals surface area contributed by atoms with Crippen LogP contribution in [0.2, 0.25) is 5.28 Å². The number of amides is 1. The van der Waals surface area contributed by atoms with E-state index in [2.05, 4.69) is 9.97 Å². The molecule has 0 aliphatic rings. The highest BCUT2D eigenvalue weighted by Gasteiger charge is 2.39. The molecule has 0 atom stereocenters. The molecule has 0 spiro atoms. The largest absolute Gasteiger partial charge is 0.493 e. The molecule has 1 N–H and O–H groups in total. The number of nitrogens with zero attached hydrogens (tertiary/aromatic N) is 2. The first-order chi connectivity index (χ1) is 10.3. The third-order valence-corrected chi connectivity index (χ3v) is 2.83. The van der Waals surface area contributed by atoms with Crippen LogP contribution >= 0.6 is 11.6 Å². The summed E-state index contributed by atoms with van der Waals surface area (Å²) in [5.74, 6) is -2.00. The average molecular weight is 336 g/mol. The zero-order chi connectivity index (χ0) is 16.5. The highest BCUT2D eigenvalue weighted by Crippen LogP contribution is 2.34. The van der Waals surface area contributed by atoms with Gasteiger partial charge in [0.1, 0.15) is 5.82 Å². The van der Waals surface area contributed by atoms with Crippen molar-refractivity contribution in [3.8, 4) is 11.5 Å². The van der Waals surface area contributed by atoms with E-state index in [1.807, 2.05) is 0 Å². The molecule has 0 bridgehead atoms. The summed E-state index contributed by atoms with van der Waals surface area (Å²) in [7, 11) is 2.74. The molecule has 0 fully saturated rings. The number of methoxy groups -OCH3 is 2. The van der Waals surface area contributed by atoms with E-state index in [-0.39, 0.29) is 27.8 Å². The van der Waals surface area contributed by atoms with Gasteiger partial charge in [0.05, 0.1) is 19.7 Å². The first kappa shape index (κ1) is 16.1. The minimum atomic E-state index is -5.06. The van der Waals surface area contributed by atoms with Crippen LogP contribution in [0.5, 0.6) is 11.5 Å². The average Bonchev–Trinajstić information content (AvgIpc) is 2.44. The monoisotopic (exact) mass is 335 g/mol. The second-order valence-electron chi connectivity index (χ2n) is 4.02. The summed E-state index contributed by atoms with van der Waals surface area (Å²) < 4.78 is 47.2. The Kier molecular flexibility index (Phi) is 4.27. The molecule has 2 aromatic rings. The number of fused-ring (bicyclic) bond motifs is 1. The van der Waals surface area contributed by atoms with E-state index in [1.54, 1.807) is 5.32 Å². The summed E-state index contributed by atoms with van der Waals surface area (Å²) in [4.78, 5) is 18.6. The summed E-state index contributed by atoms with van der Waals surface area (Å²) in [5, 5.41) is 1.46. The van der Waals surface area contributed by atoms with Crippen molar-refractivity contribution >= 4 is 34.2 Å². The molecule has 0 unspecified atom stereocenters. The first-order valence-corrected chi connectivity index (χ1v) is 6.11. The molecule has 1 aromatic carbocycles. The van der Waals surface area contributed by atoms with Crippen molar-refractivity contribution in [2.45, 2.75) is 6.18 Å². The minimum Gasteiger partial charge on any atom is -0.493 e. The second-order valence-corrected chi connectivity index (χ2v) is 4.36. The van der Waals surface area contributed by atoms with Gasteiger partial charge in [0.25, 0.3) is 0 Å². The Balaban J connectivity index is 2.60. The molecule has 118 valence electrons. The van der Waals surface area contributed by atoms with Crippen molar-refractivity contribution in [3.63, 3.8) is 0 Å². The van der Waals surface area contributed by atoms with Crippen LogP contribution in [0.15, 0.2) is 12.1 Å². The number of benzene rings is 1. The Bertz CT molecular complexity index is 737. The number of anilines is 1. The molecule has 0 saturated carbocycles. The summed E-state index contributed by atoms with van der Waals surface area (Å²) >= 11 is 5.66. The number of alkyl halides is 3. The Morgan fingerprint density at radius 1 is 1.18 bits per heavy atom. The number of aromatic nitrogens is 2. The van der Waals surface area contributed by atoms with Gasteiger partial charge in [0.15, 0.2) is 11.5 Å². The number of ether oxygens (including phenoxy) is 2. The van der Waals surface area contributed by atoms with Crippen LogP contribution in [0.3, 0.4) is 0 Å². The lowest BCUT2D eigenvalue weighted by atomic mass is 10.2. The standard InChI is InChI=1S/C12H9ClF3N3O3/c1-21-7-3-5-6(4-8(7)22-2)17-11(13)19-9(5)18-10(20)12(14,15)16/h3-4H,1-2H3,(H,17,18,19,20). The van der Waals surface area contributed by atoms with E-state index in [0.717, 1.165) is 0 Å². The molecular formula is C12H9ClF3N3O3. The van der Waals surface area contributed by atoms with E-state index < -0.39 is 12.1 Å². The predicted octanol–water partition coefficient (Wildman–Crippen LogP) is 2.80. The molecule has 10 heteroatoms. The van der Waals surface area contributed by atoms with Gasteiger partial charge in [0, 0.05) is 11.5 Å². The van der Waals surface area contributed by atoms with Crippen molar-refractivity contribution < 1.29 is 27.4 Å². The van der Waals surface area contributed by atoms with Crippen LogP contribution in [-0.4, -0.2) is 36.3 Å². The lowest BCUT2D eigenvalue weighted by Crippen LogP contribution is -2.30. The quantitative estimate of drug-likeness (QED) is 0.873.